The number of nitrogens with two attached hydrogens (primary N) is 1. The number of anilines is 2. The summed E-state index contributed by atoms with van der Waals surface area (Å²) in [6.45, 7) is 4.57. The molecule has 1 heterocycles. The summed E-state index contributed by atoms with van der Waals surface area (Å²) in [5, 5.41) is 3.89. The van der Waals surface area contributed by atoms with Crippen molar-refractivity contribution in [2.45, 2.75) is 32.7 Å². The fourth-order valence-electron chi connectivity index (χ4n) is 2.31. The average Bonchev–Trinajstić information content (AvgIpc) is 2.55. The number of rotatable bonds is 2. The number of nitrogens with zero attached hydrogens (tertiary/aromatic N) is 1. The Bertz CT molecular complexity index is 381. The van der Waals surface area contributed by atoms with Crippen LogP contribution in [-0.4, -0.2) is 11.0 Å². The van der Waals surface area contributed by atoms with Gasteiger partial charge in [0.2, 0.25) is 0 Å². The van der Waals surface area contributed by atoms with Gasteiger partial charge >= 0.3 is 0 Å². The minimum Gasteiger partial charge on any atom is -0.396 e. The molecule has 0 bridgehead atoms. The molecule has 1 aliphatic rings. The lowest BCUT2D eigenvalue weighted by molar-refractivity contribution is 0.435. The Morgan fingerprint density at radius 2 is 2.12 bits per heavy atom. The number of halogens is 1. The number of nitrogens with one attached hydrogen (secondary N) is 1. The summed E-state index contributed by atoms with van der Waals surface area (Å²) in [6, 6.07) is 3.96. The summed E-state index contributed by atoms with van der Waals surface area (Å²) >= 11 is 5.86. The fraction of sp³-hybridized carbons (Fsp3) is 0.583. The van der Waals surface area contributed by atoms with Gasteiger partial charge in [-0.3, -0.25) is 0 Å². The van der Waals surface area contributed by atoms with Crippen LogP contribution in [-0.2, 0) is 0 Å². The highest BCUT2D eigenvalue weighted by Crippen LogP contribution is 2.34. The molecule has 0 spiro atoms. The van der Waals surface area contributed by atoms with Crippen molar-refractivity contribution in [2.75, 3.05) is 11.1 Å². The SMILES string of the molecule is CC1CCC(Nc2nc(Cl)ccc2N)C1C. The highest BCUT2D eigenvalue weighted by Gasteiger charge is 2.30. The van der Waals surface area contributed by atoms with Gasteiger partial charge in [-0.1, -0.05) is 25.4 Å². The number of aromatic nitrogens is 1. The molecule has 3 N–H and O–H groups in total. The summed E-state index contributed by atoms with van der Waals surface area (Å²) in [4.78, 5) is 4.23. The van der Waals surface area contributed by atoms with E-state index in [0.717, 1.165) is 11.7 Å². The molecule has 1 aliphatic carbocycles. The number of nitrogen functional groups attached to an aromatic ring is 1. The Kier molecular flexibility index (Phi) is 3.24. The van der Waals surface area contributed by atoms with Crippen LogP contribution >= 0.6 is 11.6 Å². The molecule has 0 amide bonds. The maximum atomic E-state index is 5.86. The van der Waals surface area contributed by atoms with E-state index in [9.17, 15) is 0 Å². The predicted octanol–water partition coefficient (Wildman–Crippen LogP) is 3.16. The van der Waals surface area contributed by atoms with Crippen molar-refractivity contribution < 1.29 is 0 Å². The molecule has 4 heteroatoms. The van der Waals surface area contributed by atoms with Crippen molar-refractivity contribution >= 4 is 23.1 Å². The third-order valence-corrected chi connectivity index (χ3v) is 3.89. The molecule has 3 nitrogen and oxygen atoms in total. The number of pyridine rings is 1. The molecule has 1 aromatic heterocycles. The molecule has 2 rings (SSSR count). The minimum absolute atomic E-state index is 0.461. The molecule has 0 radical (unpaired) electrons. The molecule has 3 unspecified atom stereocenters. The van der Waals surface area contributed by atoms with Crippen LogP contribution in [0.4, 0.5) is 11.5 Å². The third kappa shape index (κ3) is 2.24. The number of hydrogen-bond acceptors (Lipinski definition) is 3. The van der Waals surface area contributed by atoms with Crippen molar-refractivity contribution in [3.63, 3.8) is 0 Å². The first kappa shape index (κ1) is 11.5. The van der Waals surface area contributed by atoms with E-state index in [1.165, 1.54) is 12.8 Å². The number of hydrogen-bond donors (Lipinski definition) is 2. The summed E-state index contributed by atoms with van der Waals surface area (Å²) in [6.07, 6.45) is 2.44. The van der Waals surface area contributed by atoms with E-state index in [-0.39, 0.29) is 0 Å². The van der Waals surface area contributed by atoms with Gasteiger partial charge in [0.05, 0.1) is 5.69 Å². The lowest BCUT2D eigenvalue weighted by Crippen LogP contribution is -2.25. The van der Waals surface area contributed by atoms with Gasteiger partial charge in [-0.05, 0) is 36.8 Å². The van der Waals surface area contributed by atoms with E-state index >= 15 is 0 Å². The van der Waals surface area contributed by atoms with Gasteiger partial charge in [-0.15, -0.1) is 0 Å². The van der Waals surface area contributed by atoms with Crippen LogP contribution in [0, 0.1) is 11.8 Å². The maximum Gasteiger partial charge on any atom is 0.151 e. The van der Waals surface area contributed by atoms with Gasteiger partial charge in [0, 0.05) is 6.04 Å². The second-order valence-electron chi connectivity index (χ2n) is 4.74. The van der Waals surface area contributed by atoms with Gasteiger partial charge in [0.1, 0.15) is 5.15 Å². The summed E-state index contributed by atoms with van der Waals surface area (Å²) in [5.41, 5.74) is 6.53. The fourth-order valence-corrected chi connectivity index (χ4v) is 2.45. The maximum absolute atomic E-state index is 5.86. The minimum atomic E-state index is 0.461. The van der Waals surface area contributed by atoms with Crippen LogP contribution in [0.25, 0.3) is 0 Å². The largest absolute Gasteiger partial charge is 0.396 e. The van der Waals surface area contributed by atoms with Crippen LogP contribution in [0.1, 0.15) is 26.7 Å². The van der Waals surface area contributed by atoms with E-state index < -0.39 is 0 Å². The normalized spacial score (nSPS) is 29.3. The van der Waals surface area contributed by atoms with E-state index in [2.05, 4.69) is 24.1 Å². The van der Waals surface area contributed by atoms with E-state index in [1.54, 1.807) is 12.1 Å². The highest BCUT2D eigenvalue weighted by atomic mass is 35.5. The van der Waals surface area contributed by atoms with Crippen LogP contribution in [0.5, 0.6) is 0 Å². The zero-order valence-corrected chi connectivity index (χ0v) is 10.5. The lowest BCUT2D eigenvalue weighted by Gasteiger charge is -2.21. The molecule has 16 heavy (non-hydrogen) atoms. The Morgan fingerprint density at radius 3 is 2.75 bits per heavy atom. The van der Waals surface area contributed by atoms with E-state index in [4.69, 9.17) is 17.3 Å². The first-order valence-corrected chi connectivity index (χ1v) is 6.14. The van der Waals surface area contributed by atoms with Crippen LogP contribution in [0.15, 0.2) is 12.1 Å². The summed E-state index contributed by atoms with van der Waals surface area (Å²) in [7, 11) is 0. The highest BCUT2D eigenvalue weighted by molar-refractivity contribution is 6.29. The third-order valence-electron chi connectivity index (χ3n) is 3.68. The van der Waals surface area contributed by atoms with Crippen LogP contribution in [0.2, 0.25) is 5.15 Å². The molecule has 0 aliphatic heterocycles. The molecular formula is C12H18ClN3. The predicted molar refractivity (Wildman–Crippen MR) is 68.6 cm³/mol. The van der Waals surface area contributed by atoms with E-state index in [0.29, 0.717) is 22.8 Å². The Hall–Kier alpha value is -0.960. The standard InChI is InChI=1S/C12H18ClN3/c1-7-3-5-10(8(7)2)15-12-9(14)4-6-11(13)16-12/h4,6-8,10H,3,5,14H2,1-2H3,(H,15,16). The van der Waals surface area contributed by atoms with Gasteiger partial charge in [-0.2, -0.15) is 0 Å². The van der Waals surface area contributed by atoms with Gasteiger partial charge in [-0.25, -0.2) is 4.98 Å². The van der Waals surface area contributed by atoms with Crippen LogP contribution in [0.3, 0.4) is 0 Å². The second-order valence-corrected chi connectivity index (χ2v) is 5.12. The molecule has 1 saturated carbocycles. The average molecular weight is 240 g/mol. The van der Waals surface area contributed by atoms with Crippen LogP contribution < -0.4 is 11.1 Å². The monoisotopic (exact) mass is 239 g/mol. The van der Waals surface area contributed by atoms with Crippen molar-refractivity contribution in [2.24, 2.45) is 11.8 Å². The zero-order chi connectivity index (χ0) is 11.7. The lowest BCUT2D eigenvalue weighted by atomic mass is 9.98. The molecule has 3 atom stereocenters. The van der Waals surface area contributed by atoms with Gasteiger partial charge < -0.3 is 11.1 Å². The van der Waals surface area contributed by atoms with Gasteiger partial charge in [0.25, 0.3) is 0 Å². The summed E-state index contributed by atoms with van der Waals surface area (Å²) < 4.78 is 0. The molecule has 0 saturated heterocycles. The topological polar surface area (TPSA) is 50.9 Å². The van der Waals surface area contributed by atoms with E-state index in [1.807, 2.05) is 0 Å². The quantitative estimate of drug-likeness (QED) is 0.780. The van der Waals surface area contributed by atoms with Crippen molar-refractivity contribution in [3.05, 3.63) is 17.3 Å². The molecule has 1 aromatic rings. The first-order valence-electron chi connectivity index (χ1n) is 5.76. The zero-order valence-electron chi connectivity index (χ0n) is 9.70. The molecule has 0 aromatic carbocycles. The smallest absolute Gasteiger partial charge is 0.151 e. The molecular weight excluding hydrogens is 222 g/mol. The first-order chi connectivity index (χ1) is 7.58. The summed E-state index contributed by atoms with van der Waals surface area (Å²) in [5.74, 6) is 2.14. The second kappa shape index (κ2) is 4.50. The molecule has 1 fully saturated rings. The Morgan fingerprint density at radius 1 is 1.38 bits per heavy atom. The Labute approximate surface area is 101 Å². The Balaban J connectivity index is 2.12. The van der Waals surface area contributed by atoms with Crippen molar-refractivity contribution in [1.82, 2.24) is 4.98 Å². The molecule has 88 valence electrons. The van der Waals surface area contributed by atoms with Gasteiger partial charge in [0.15, 0.2) is 5.82 Å². The van der Waals surface area contributed by atoms with Crippen molar-refractivity contribution in [3.8, 4) is 0 Å². The van der Waals surface area contributed by atoms with Crippen molar-refractivity contribution in [1.29, 1.82) is 0 Å².